The normalized spacial score (nSPS) is 24.1. The first-order chi connectivity index (χ1) is 13.6. The summed E-state index contributed by atoms with van der Waals surface area (Å²) in [5.74, 6) is 1.66. The quantitative estimate of drug-likeness (QED) is 0.835. The highest BCUT2D eigenvalue weighted by Crippen LogP contribution is 2.45. The van der Waals surface area contributed by atoms with E-state index >= 15 is 0 Å². The molecule has 2 heterocycles. The molecule has 1 fully saturated rings. The Morgan fingerprint density at radius 1 is 1.17 bits per heavy atom. The van der Waals surface area contributed by atoms with Crippen LogP contribution in [0.25, 0.3) is 0 Å². The molecule has 7 nitrogen and oxygen atoms in total. The summed E-state index contributed by atoms with van der Waals surface area (Å²) >= 11 is 0. The molecule has 2 amide bonds. The standard InChI is InChI=1S/C22H32N2O5/c1-13-7-8-16(23-21(26)29-22(2,3)4)20(25)24-10-9-14-11-15(27-5)12-17(28-6)18(14)19(13)24/h11-13,16,19H,7-10H2,1-6H3,(H,23,26). The Morgan fingerprint density at radius 3 is 2.52 bits per heavy atom. The topological polar surface area (TPSA) is 77.1 Å². The van der Waals surface area contributed by atoms with E-state index in [0.717, 1.165) is 35.5 Å². The van der Waals surface area contributed by atoms with Gasteiger partial charge in [0.1, 0.15) is 23.1 Å². The number of rotatable bonds is 3. The molecule has 0 saturated carbocycles. The molecular formula is C22H32N2O5. The van der Waals surface area contributed by atoms with Crippen LogP contribution in [-0.4, -0.2) is 49.3 Å². The molecular weight excluding hydrogens is 372 g/mol. The Balaban J connectivity index is 1.90. The highest BCUT2D eigenvalue weighted by molar-refractivity contribution is 5.86. The van der Waals surface area contributed by atoms with Crippen molar-refractivity contribution >= 4 is 12.0 Å². The van der Waals surface area contributed by atoms with Gasteiger partial charge in [-0.2, -0.15) is 0 Å². The number of nitrogens with zero attached hydrogens (tertiary/aromatic N) is 1. The number of alkyl carbamates (subject to hydrolysis) is 1. The van der Waals surface area contributed by atoms with Crippen LogP contribution in [0.4, 0.5) is 4.79 Å². The number of hydrogen-bond donors (Lipinski definition) is 1. The molecule has 0 bridgehead atoms. The van der Waals surface area contributed by atoms with Gasteiger partial charge in [0.25, 0.3) is 0 Å². The lowest BCUT2D eigenvalue weighted by Gasteiger charge is -2.40. The number of carbonyl (C=O) groups is 2. The van der Waals surface area contributed by atoms with E-state index in [1.54, 1.807) is 14.2 Å². The van der Waals surface area contributed by atoms with E-state index in [4.69, 9.17) is 14.2 Å². The van der Waals surface area contributed by atoms with Crippen LogP contribution in [0.2, 0.25) is 0 Å². The first kappa shape index (κ1) is 21.3. The number of hydrogen-bond acceptors (Lipinski definition) is 5. The van der Waals surface area contributed by atoms with Crippen molar-refractivity contribution < 1.29 is 23.8 Å². The number of methoxy groups -OCH3 is 2. The maximum absolute atomic E-state index is 13.3. The van der Waals surface area contributed by atoms with Crippen LogP contribution in [0.1, 0.15) is 57.7 Å². The summed E-state index contributed by atoms with van der Waals surface area (Å²) in [6.07, 6.45) is 1.56. The third-order valence-electron chi connectivity index (χ3n) is 5.63. The van der Waals surface area contributed by atoms with Gasteiger partial charge in [0.15, 0.2) is 0 Å². The van der Waals surface area contributed by atoms with E-state index in [-0.39, 0.29) is 17.9 Å². The lowest BCUT2D eigenvalue weighted by Crippen LogP contribution is -2.51. The number of fused-ring (bicyclic) bond motifs is 3. The molecule has 3 rings (SSSR count). The minimum Gasteiger partial charge on any atom is -0.497 e. The number of ether oxygens (including phenoxy) is 3. The Labute approximate surface area is 172 Å². The molecule has 0 radical (unpaired) electrons. The Morgan fingerprint density at radius 2 is 1.90 bits per heavy atom. The average molecular weight is 405 g/mol. The molecule has 1 aromatic carbocycles. The Bertz CT molecular complexity index is 769. The van der Waals surface area contributed by atoms with Gasteiger partial charge in [-0.3, -0.25) is 4.79 Å². The molecule has 7 heteroatoms. The first-order valence-corrected chi connectivity index (χ1v) is 10.2. The van der Waals surface area contributed by atoms with E-state index < -0.39 is 17.7 Å². The second-order valence-electron chi connectivity index (χ2n) is 8.88. The molecule has 1 aromatic rings. The van der Waals surface area contributed by atoms with Gasteiger partial charge in [-0.15, -0.1) is 0 Å². The van der Waals surface area contributed by atoms with E-state index in [1.807, 2.05) is 37.8 Å². The van der Waals surface area contributed by atoms with Crippen molar-refractivity contribution in [2.45, 2.75) is 64.6 Å². The van der Waals surface area contributed by atoms with Crippen LogP contribution in [0, 0.1) is 5.92 Å². The average Bonchev–Trinajstić information content (AvgIpc) is 2.77. The summed E-state index contributed by atoms with van der Waals surface area (Å²) in [7, 11) is 3.28. The summed E-state index contributed by atoms with van der Waals surface area (Å²) in [5, 5.41) is 2.79. The fourth-order valence-corrected chi connectivity index (χ4v) is 4.36. The molecule has 3 atom stereocenters. The first-order valence-electron chi connectivity index (χ1n) is 10.2. The zero-order valence-electron chi connectivity index (χ0n) is 18.2. The summed E-state index contributed by atoms with van der Waals surface area (Å²) < 4.78 is 16.4. The van der Waals surface area contributed by atoms with Gasteiger partial charge in [0.2, 0.25) is 5.91 Å². The Hall–Kier alpha value is -2.44. The minimum atomic E-state index is -0.607. The van der Waals surface area contributed by atoms with Gasteiger partial charge in [0.05, 0.1) is 20.3 Å². The van der Waals surface area contributed by atoms with Crippen LogP contribution in [-0.2, 0) is 16.0 Å². The van der Waals surface area contributed by atoms with Crippen molar-refractivity contribution in [3.05, 3.63) is 23.3 Å². The van der Waals surface area contributed by atoms with Gasteiger partial charge in [0, 0.05) is 18.2 Å². The summed E-state index contributed by atoms with van der Waals surface area (Å²) in [6, 6.07) is 3.25. The maximum atomic E-state index is 13.3. The fraction of sp³-hybridized carbons (Fsp3) is 0.636. The molecule has 2 aliphatic heterocycles. The molecule has 0 aliphatic carbocycles. The monoisotopic (exact) mass is 404 g/mol. The number of amides is 2. The van der Waals surface area contributed by atoms with Gasteiger partial charge in [-0.25, -0.2) is 4.79 Å². The van der Waals surface area contributed by atoms with Crippen molar-refractivity contribution in [1.82, 2.24) is 10.2 Å². The van der Waals surface area contributed by atoms with Gasteiger partial charge < -0.3 is 24.4 Å². The smallest absolute Gasteiger partial charge is 0.408 e. The Kier molecular flexibility index (Phi) is 5.96. The highest BCUT2D eigenvalue weighted by Gasteiger charge is 2.42. The van der Waals surface area contributed by atoms with Crippen molar-refractivity contribution in [3.8, 4) is 11.5 Å². The minimum absolute atomic E-state index is 0.0614. The second-order valence-corrected chi connectivity index (χ2v) is 8.88. The van der Waals surface area contributed by atoms with Crippen molar-refractivity contribution in [2.75, 3.05) is 20.8 Å². The highest BCUT2D eigenvalue weighted by atomic mass is 16.6. The molecule has 1 N–H and O–H groups in total. The SMILES string of the molecule is COc1cc2c(c(OC)c1)C1C(C)CCC(NC(=O)OC(C)(C)C)C(=O)N1CC2. The van der Waals surface area contributed by atoms with Crippen molar-refractivity contribution in [3.63, 3.8) is 0 Å². The predicted octanol–water partition coefficient (Wildman–Crippen LogP) is 3.45. The summed E-state index contributed by atoms with van der Waals surface area (Å²) in [5.41, 5.74) is 1.60. The molecule has 3 unspecified atom stereocenters. The second kappa shape index (κ2) is 8.13. The molecule has 0 spiro atoms. The fourth-order valence-electron chi connectivity index (χ4n) is 4.36. The number of nitrogens with one attached hydrogen (secondary N) is 1. The van der Waals surface area contributed by atoms with Gasteiger partial charge in [-0.05, 0) is 57.6 Å². The predicted molar refractivity (Wildman–Crippen MR) is 109 cm³/mol. The van der Waals surface area contributed by atoms with Crippen LogP contribution in [0.3, 0.4) is 0 Å². The zero-order chi connectivity index (χ0) is 21.3. The number of benzene rings is 1. The lowest BCUT2D eigenvalue weighted by molar-refractivity contribution is -0.136. The molecule has 1 saturated heterocycles. The largest absolute Gasteiger partial charge is 0.497 e. The van der Waals surface area contributed by atoms with Gasteiger partial charge >= 0.3 is 6.09 Å². The summed E-state index contributed by atoms with van der Waals surface area (Å²) in [6.45, 7) is 8.17. The molecule has 0 aromatic heterocycles. The molecule has 160 valence electrons. The summed E-state index contributed by atoms with van der Waals surface area (Å²) in [4.78, 5) is 27.5. The van der Waals surface area contributed by atoms with Crippen molar-refractivity contribution in [2.24, 2.45) is 5.92 Å². The molecule has 2 aliphatic rings. The zero-order valence-corrected chi connectivity index (χ0v) is 18.2. The van der Waals surface area contributed by atoms with Crippen LogP contribution < -0.4 is 14.8 Å². The van der Waals surface area contributed by atoms with Crippen LogP contribution in [0.5, 0.6) is 11.5 Å². The van der Waals surface area contributed by atoms with E-state index in [2.05, 4.69) is 12.2 Å². The van der Waals surface area contributed by atoms with E-state index in [9.17, 15) is 9.59 Å². The van der Waals surface area contributed by atoms with E-state index in [0.29, 0.717) is 13.0 Å². The van der Waals surface area contributed by atoms with Crippen molar-refractivity contribution in [1.29, 1.82) is 0 Å². The van der Waals surface area contributed by atoms with Crippen LogP contribution >= 0.6 is 0 Å². The van der Waals surface area contributed by atoms with Crippen LogP contribution in [0.15, 0.2) is 12.1 Å². The maximum Gasteiger partial charge on any atom is 0.408 e. The third kappa shape index (κ3) is 4.43. The lowest BCUT2D eigenvalue weighted by atomic mass is 9.83. The number of carbonyl (C=O) groups excluding carboxylic acids is 2. The molecule has 29 heavy (non-hydrogen) atoms. The van der Waals surface area contributed by atoms with Gasteiger partial charge in [-0.1, -0.05) is 6.92 Å². The van der Waals surface area contributed by atoms with E-state index in [1.165, 1.54) is 0 Å². The third-order valence-corrected chi connectivity index (χ3v) is 5.63.